The molecular formula is C19H25NO3. The topological polar surface area (TPSA) is 46.6 Å². The molecule has 1 amide bonds. The molecular weight excluding hydrogens is 290 g/mol. The highest BCUT2D eigenvalue weighted by atomic mass is 16.5. The second-order valence-corrected chi connectivity index (χ2v) is 7.03. The van der Waals surface area contributed by atoms with Crippen LogP contribution in [0.1, 0.15) is 43.2 Å². The minimum Gasteiger partial charge on any atom is -0.469 e. The molecule has 1 aliphatic carbocycles. The summed E-state index contributed by atoms with van der Waals surface area (Å²) < 4.78 is 5.13. The van der Waals surface area contributed by atoms with Gasteiger partial charge in [0.25, 0.3) is 0 Å². The zero-order valence-electron chi connectivity index (χ0n) is 14.2. The van der Waals surface area contributed by atoms with Crippen molar-refractivity contribution in [1.82, 2.24) is 0 Å². The monoisotopic (exact) mass is 315 g/mol. The first-order valence-electron chi connectivity index (χ1n) is 8.44. The lowest BCUT2D eigenvalue weighted by Crippen LogP contribution is -2.41. The van der Waals surface area contributed by atoms with E-state index in [1.54, 1.807) is 0 Å². The van der Waals surface area contributed by atoms with Gasteiger partial charge < -0.3 is 9.64 Å². The zero-order valence-corrected chi connectivity index (χ0v) is 14.2. The maximum Gasteiger partial charge on any atom is 0.314 e. The number of rotatable bonds is 3. The molecule has 1 unspecified atom stereocenters. The number of methoxy groups -OCH3 is 1. The summed E-state index contributed by atoms with van der Waals surface area (Å²) in [6, 6.07) is 6.03. The lowest BCUT2D eigenvalue weighted by molar-refractivity contribution is -0.155. The van der Waals surface area contributed by atoms with E-state index in [-0.39, 0.29) is 24.2 Å². The van der Waals surface area contributed by atoms with E-state index in [0.717, 1.165) is 42.5 Å². The number of nitrogens with zero attached hydrogens (tertiary/aromatic N) is 1. The molecule has 2 aliphatic rings. The molecule has 2 fully saturated rings. The minimum atomic E-state index is -0.670. The third kappa shape index (κ3) is 2.54. The molecule has 23 heavy (non-hydrogen) atoms. The average Bonchev–Trinajstić information content (AvgIpc) is 3.16. The van der Waals surface area contributed by atoms with Crippen LogP contribution in [-0.2, 0) is 14.3 Å². The number of benzene rings is 1. The normalized spacial score (nSPS) is 25.2. The van der Waals surface area contributed by atoms with Gasteiger partial charge in [-0.05, 0) is 43.7 Å². The Labute approximate surface area is 137 Å². The SMILES string of the molecule is COC(=O)C1(C2CCCC2)CC(=O)N(c2c(C)cccc2C)C1. The first kappa shape index (κ1) is 16.0. The minimum absolute atomic E-state index is 0.0414. The summed E-state index contributed by atoms with van der Waals surface area (Å²) in [5.41, 5.74) is 2.44. The summed E-state index contributed by atoms with van der Waals surface area (Å²) in [5.74, 6) is 0.0828. The number of carbonyl (C=O) groups is 2. The van der Waals surface area contributed by atoms with E-state index in [0.29, 0.717) is 6.54 Å². The molecule has 1 aromatic rings. The van der Waals surface area contributed by atoms with Crippen molar-refractivity contribution < 1.29 is 14.3 Å². The van der Waals surface area contributed by atoms with E-state index in [1.807, 2.05) is 36.9 Å². The molecule has 0 radical (unpaired) electrons. The van der Waals surface area contributed by atoms with Crippen LogP contribution in [-0.4, -0.2) is 25.5 Å². The summed E-state index contributed by atoms with van der Waals surface area (Å²) in [5, 5.41) is 0. The van der Waals surface area contributed by atoms with Crippen LogP contribution in [0.5, 0.6) is 0 Å². The molecule has 124 valence electrons. The van der Waals surface area contributed by atoms with Gasteiger partial charge in [-0.1, -0.05) is 31.0 Å². The fourth-order valence-corrected chi connectivity index (χ4v) is 4.49. The first-order valence-corrected chi connectivity index (χ1v) is 8.44. The summed E-state index contributed by atoms with van der Waals surface area (Å²) in [6.07, 6.45) is 4.59. The quantitative estimate of drug-likeness (QED) is 0.803. The van der Waals surface area contributed by atoms with Crippen LogP contribution in [0.2, 0.25) is 0 Å². The van der Waals surface area contributed by atoms with Gasteiger partial charge in [-0.3, -0.25) is 9.59 Å². The Kier molecular flexibility index (Phi) is 4.17. The number of amides is 1. The third-order valence-electron chi connectivity index (χ3n) is 5.65. The van der Waals surface area contributed by atoms with E-state index in [9.17, 15) is 9.59 Å². The highest BCUT2D eigenvalue weighted by Gasteiger charge is 2.55. The van der Waals surface area contributed by atoms with Crippen LogP contribution >= 0.6 is 0 Å². The number of carbonyl (C=O) groups excluding carboxylic acids is 2. The number of hydrogen-bond donors (Lipinski definition) is 0. The van der Waals surface area contributed by atoms with Crippen molar-refractivity contribution in [3.05, 3.63) is 29.3 Å². The van der Waals surface area contributed by atoms with Gasteiger partial charge >= 0.3 is 5.97 Å². The number of para-hydroxylation sites is 1. The molecule has 0 bridgehead atoms. The third-order valence-corrected chi connectivity index (χ3v) is 5.65. The van der Waals surface area contributed by atoms with E-state index in [1.165, 1.54) is 7.11 Å². The molecule has 1 aliphatic heterocycles. The molecule has 4 heteroatoms. The van der Waals surface area contributed by atoms with Crippen molar-refractivity contribution in [2.45, 2.75) is 46.0 Å². The highest BCUT2D eigenvalue weighted by Crippen LogP contribution is 2.48. The van der Waals surface area contributed by atoms with Crippen molar-refractivity contribution in [1.29, 1.82) is 0 Å². The summed E-state index contributed by atoms with van der Waals surface area (Å²) in [4.78, 5) is 27.2. The standard InChI is InChI=1S/C19H25NO3/c1-13-7-6-8-14(2)17(13)20-12-19(11-16(20)21,18(22)23-3)15-9-4-5-10-15/h6-8,15H,4-5,9-12H2,1-3H3. The Hall–Kier alpha value is -1.84. The summed E-state index contributed by atoms with van der Waals surface area (Å²) in [6.45, 7) is 4.49. The van der Waals surface area contributed by atoms with Gasteiger partial charge in [0.1, 0.15) is 0 Å². The van der Waals surface area contributed by atoms with Gasteiger partial charge in [-0.15, -0.1) is 0 Å². The lowest BCUT2D eigenvalue weighted by Gasteiger charge is -2.32. The fourth-order valence-electron chi connectivity index (χ4n) is 4.49. The van der Waals surface area contributed by atoms with Crippen molar-refractivity contribution >= 4 is 17.6 Å². The molecule has 0 spiro atoms. The number of aryl methyl sites for hydroxylation is 2. The van der Waals surface area contributed by atoms with Crippen molar-refractivity contribution in [3.8, 4) is 0 Å². The number of ether oxygens (including phenoxy) is 1. The van der Waals surface area contributed by atoms with Gasteiger partial charge in [-0.25, -0.2) is 0 Å². The summed E-state index contributed by atoms with van der Waals surface area (Å²) in [7, 11) is 1.44. The zero-order chi connectivity index (χ0) is 16.6. The molecule has 1 saturated heterocycles. The van der Waals surface area contributed by atoms with Gasteiger partial charge in [-0.2, -0.15) is 0 Å². The molecule has 1 saturated carbocycles. The second-order valence-electron chi connectivity index (χ2n) is 7.03. The number of anilines is 1. The van der Waals surface area contributed by atoms with Crippen molar-refractivity contribution in [2.75, 3.05) is 18.6 Å². The predicted molar refractivity (Wildman–Crippen MR) is 89.3 cm³/mol. The van der Waals surface area contributed by atoms with Gasteiger partial charge in [0.15, 0.2) is 0 Å². The van der Waals surface area contributed by atoms with Crippen LogP contribution in [0, 0.1) is 25.2 Å². The Morgan fingerprint density at radius 2 is 1.83 bits per heavy atom. The molecule has 3 rings (SSSR count). The van der Waals surface area contributed by atoms with E-state index < -0.39 is 5.41 Å². The van der Waals surface area contributed by atoms with Crippen molar-refractivity contribution in [3.63, 3.8) is 0 Å². The Balaban J connectivity index is 2.00. The molecule has 1 heterocycles. The van der Waals surface area contributed by atoms with Gasteiger partial charge in [0, 0.05) is 18.7 Å². The molecule has 1 aromatic carbocycles. The largest absolute Gasteiger partial charge is 0.469 e. The lowest BCUT2D eigenvalue weighted by atomic mass is 9.73. The molecule has 1 atom stereocenters. The number of hydrogen-bond acceptors (Lipinski definition) is 3. The van der Waals surface area contributed by atoms with Crippen LogP contribution in [0.4, 0.5) is 5.69 Å². The fraction of sp³-hybridized carbons (Fsp3) is 0.579. The van der Waals surface area contributed by atoms with Crippen LogP contribution in [0.15, 0.2) is 18.2 Å². The summed E-state index contributed by atoms with van der Waals surface area (Å²) >= 11 is 0. The van der Waals surface area contributed by atoms with E-state index >= 15 is 0 Å². The predicted octanol–water partition coefficient (Wildman–Crippen LogP) is 3.39. The first-order chi connectivity index (χ1) is 11.0. The number of esters is 1. The molecule has 0 aromatic heterocycles. The Morgan fingerprint density at radius 1 is 1.22 bits per heavy atom. The average molecular weight is 315 g/mol. The second kappa shape index (κ2) is 5.99. The Morgan fingerprint density at radius 3 is 2.39 bits per heavy atom. The van der Waals surface area contributed by atoms with Gasteiger partial charge in [0.2, 0.25) is 5.91 Å². The molecule has 0 N–H and O–H groups in total. The van der Waals surface area contributed by atoms with Crippen LogP contribution < -0.4 is 4.90 Å². The smallest absolute Gasteiger partial charge is 0.314 e. The van der Waals surface area contributed by atoms with E-state index in [2.05, 4.69) is 0 Å². The maximum atomic E-state index is 12.8. The Bertz CT molecular complexity index is 613. The maximum absolute atomic E-state index is 12.8. The van der Waals surface area contributed by atoms with Crippen molar-refractivity contribution in [2.24, 2.45) is 11.3 Å². The van der Waals surface area contributed by atoms with Crippen LogP contribution in [0.3, 0.4) is 0 Å². The van der Waals surface area contributed by atoms with Crippen LogP contribution in [0.25, 0.3) is 0 Å². The van der Waals surface area contributed by atoms with Gasteiger partial charge in [0.05, 0.1) is 12.5 Å². The molecule has 4 nitrogen and oxygen atoms in total. The highest BCUT2D eigenvalue weighted by molar-refractivity contribution is 6.02. The van der Waals surface area contributed by atoms with E-state index in [4.69, 9.17) is 4.74 Å².